The average Bonchev–Trinajstić information content (AvgIpc) is 3.41. The summed E-state index contributed by atoms with van der Waals surface area (Å²) >= 11 is 0. The van der Waals surface area contributed by atoms with Gasteiger partial charge in [0.2, 0.25) is 0 Å². The molecule has 11 heteroatoms. The van der Waals surface area contributed by atoms with E-state index in [1.165, 1.54) is 12.1 Å². The number of phenolic OH excluding ortho intramolecular Hbond substituents is 1. The van der Waals surface area contributed by atoms with Gasteiger partial charge in [0.15, 0.2) is 5.82 Å². The number of aromatic nitrogens is 2. The SMILES string of the molecule is CCC1(COc2nc(N3CC4CCC(C3)N4)c3cc(F)c(-c4cc(O)cc5cccc(CCOC)c45)c(F)c3n2)CCCNC[C@H](F)C1. The molecular formula is C37H44F3N5O3. The van der Waals surface area contributed by atoms with E-state index in [1.807, 2.05) is 25.1 Å². The molecule has 3 aliphatic heterocycles. The Labute approximate surface area is 279 Å². The summed E-state index contributed by atoms with van der Waals surface area (Å²) in [6, 6.07) is 10.4. The molecule has 256 valence electrons. The van der Waals surface area contributed by atoms with Crippen LogP contribution in [0.15, 0.2) is 36.4 Å². The second-order valence-corrected chi connectivity index (χ2v) is 13.8. The highest BCUT2D eigenvalue weighted by atomic mass is 19.1. The van der Waals surface area contributed by atoms with Gasteiger partial charge in [-0.05, 0) is 91.6 Å². The van der Waals surface area contributed by atoms with Crippen LogP contribution >= 0.6 is 0 Å². The van der Waals surface area contributed by atoms with Crippen molar-refractivity contribution >= 4 is 27.5 Å². The van der Waals surface area contributed by atoms with E-state index >= 15 is 8.78 Å². The van der Waals surface area contributed by atoms with Crippen LogP contribution in [0.5, 0.6) is 11.8 Å². The number of anilines is 1. The fourth-order valence-corrected chi connectivity index (χ4v) is 8.05. The number of ether oxygens (including phenoxy) is 2. The predicted octanol–water partition coefficient (Wildman–Crippen LogP) is 6.45. The van der Waals surface area contributed by atoms with E-state index < -0.39 is 23.2 Å². The quantitative estimate of drug-likeness (QED) is 0.188. The van der Waals surface area contributed by atoms with Crippen molar-refractivity contribution in [2.24, 2.45) is 5.41 Å². The Balaban J connectivity index is 1.37. The van der Waals surface area contributed by atoms with Crippen LogP contribution in [0.25, 0.3) is 32.8 Å². The molecule has 3 unspecified atom stereocenters. The van der Waals surface area contributed by atoms with E-state index in [-0.39, 0.29) is 52.5 Å². The number of nitrogens with zero attached hydrogens (tertiary/aromatic N) is 3. The fraction of sp³-hybridized carbons (Fsp3) is 0.514. The maximum Gasteiger partial charge on any atom is 0.319 e. The van der Waals surface area contributed by atoms with Crippen molar-refractivity contribution in [3.8, 4) is 22.9 Å². The molecule has 4 heterocycles. The van der Waals surface area contributed by atoms with Crippen LogP contribution < -0.4 is 20.3 Å². The highest BCUT2D eigenvalue weighted by Crippen LogP contribution is 2.42. The third-order valence-corrected chi connectivity index (χ3v) is 10.6. The lowest BCUT2D eigenvalue weighted by Crippen LogP contribution is -2.51. The minimum atomic E-state index is -1.01. The van der Waals surface area contributed by atoms with Gasteiger partial charge in [0.25, 0.3) is 0 Å². The van der Waals surface area contributed by atoms with Gasteiger partial charge in [0, 0.05) is 49.6 Å². The standard InChI is InChI=1S/C37H44F3N5O3/c1-3-37(11-5-12-41-18-24(38)17-37)21-48-36-43-34-29(35(44-36)45-19-25-8-9-26(20-45)42-25)16-30(39)32(33(34)40)28-15-27(46)14-23-7-4-6-22(31(23)28)10-13-47-2/h4,6-7,14-16,24-26,41-42,46H,3,5,8-13,17-21H2,1-2H3/t24-,25?,26?,37?/m1/s1. The number of fused-ring (bicyclic) bond motifs is 4. The maximum atomic E-state index is 17.1. The smallest absolute Gasteiger partial charge is 0.319 e. The lowest BCUT2D eigenvalue weighted by Gasteiger charge is -2.36. The molecule has 3 saturated heterocycles. The monoisotopic (exact) mass is 663 g/mol. The molecule has 4 atom stereocenters. The number of halogens is 3. The summed E-state index contributed by atoms with van der Waals surface area (Å²) in [4.78, 5) is 11.5. The Morgan fingerprint density at radius 2 is 1.92 bits per heavy atom. The first-order valence-electron chi connectivity index (χ1n) is 17.2. The number of piperazine rings is 1. The second kappa shape index (κ2) is 13.7. The van der Waals surface area contributed by atoms with Crippen molar-refractivity contribution in [1.29, 1.82) is 0 Å². The van der Waals surface area contributed by atoms with E-state index in [4.69, 9.17) is 14.5 Å². The lowest BCUT2D eigenvalue weighted by molar-refractivity contribution is 0.0693. The summed E-state index contributed by atoms with van der Waals surface area (Å²) in [7, 11) is 1.61. The molecule has 4 aromatic rings. The van der Waals surface area contributed by atoms with Crippen LogP contribution in [0.1, 0.15) is 51.0 Å². The first-order valence-corrected chi connectivity index (χ1v) is 17.2. The highest BCUT2D eigenvalue weighted by Gasteiger charge is 2.36. The van der Waals surface area contributed by atoms with Crippen molar-refractivity contribution in [2.45, 2.75) is 70.1 Å². The molecular weight excluding hydrogens is 619 g/mol. The summed E-state index contributed by atoms with van der Waals surface area (Å²) in [5.41, 5.74) is 0.330. The number of benzene rings is 3. The van der Waals surface area contributed by atoms with Crippen LogP contribution in [0.2, 0.25) is 0 Å². The van der Waals surface area contributed by atoms with Crippen molar-refractivity contribution in [3.05, 3.63) is 53.6 Å². The van der Waals surface area contributed by atoms with Crippen LogP contribution in [0, 0.1) is 17.0 Å². The maximum absolute atomic E-state index is 17.1. The van der Waals surface area contributed by atoms with E-state index in [9.17, 15) is 9.50 Å². The van der Waals surface area contributed by atoms with E-state index in [1.54, 1.807) is 13.2 Å². The molecule has 3 aromatic carbocycles. The Morgan fingerprint density at radius 3 is 2.69 bits per heavy atom. The summed E-state index contributed by atoms with van der Waals surface area (Å²) in [5.74, 6) is -1.30. The van der Waals surface area contributed by atoms with Gasteiger partial charge in [-0.2, -0.15) is 9.97 Å². The summed E-state index contributed by atoms with van der Waals surface area (Å²) in [5, 5.41) is 19.0. The van der Waals surface area contributed by atoms with Crippen LogP contribution in [0.3, 0.4) is 0 Å². The van der Waals surface area contributed by atoms with Crippen molar-refractivity contribution in [1.82, 2.24) is 20.6 Å². The number of phenols is 1. The third kappa shape index (κ3) is 6.40. The molecule has 48 heavy (non-hydrogen) atoms. The fourth-order valence-electron chi connectivity index (χ4n) is 8.05. The largest absolute Gasteiger partial charge is 0.508 e. The van der Waals surface area contributed by atoms with E-state index in [2.05, 4.69) is 20.5 Å². The van der Waals surface area contributed by atoms with Crippen molar-refractivity contribution in [2.75, 3.05) is 51.4 Å². The second-order valence-electron chi connectivity index (χ2n) is 13.8. The van der Waals surface area contributed by atoms with Gasteiger partial charge in [-0.1, -0.05) is 25.1 Å². The molecule has 0 aliphatic carbocycles. The Kier molecular flexibility index (Phi) is 9.37. The zero-order valence-corrected chi connectivity index (χ0v) is 27.6. The number of aromatic hydroxyl groups is 1. The van der Waals surface area contributed by atoms with Crippen molar-refractivity contribution in [3.63, 3.8) is 0 Å². The number of nitrogens with one attached hydrogen (secondary N) is 2. The highest BCUT2D eigenvalue weighted by molar-refractivity contribution is 6.03. The summed E-state index contributed by atoms with van der Waals surface area (Å²) in [6.07, 6.45) is 4.28. The minimum absolute atomic E-state index is 0.00944. The summed E-state index contributed by atoms with van der Waals surface area (Å²) in [6.45, 7) is 4.98. The molecule has 1 aromatic heterocycles. The zero-order chi connectivity index (χ0) is 33.4. The first-order chi connectivity index (χ1) is 23.3. The third-order valence-electron chi connectivity index (χ3n) is 10.6. The van der Waals surface area contributed by atoms with E-state index in [0.29, 0.717) is 62.1 Å². The number of methoxy groups -OCH3 is 1. The predicted molar refractivity (Wildman–Crippen MR) is 182 cm³/mol. The molecule has 0 saturated carbocycles. The van der Waals surface area contributed by atoms with Gasteiger partial charge >= 0.3 is 6.01 Å². The summed E-state index contributed by atoms with van der Waals surface area (Å²) < 4.78 is 60.0. The zero-order valence-electron chi connectivity index (χ0n) is 27.6. The van der Waals surface area contributed by atoms with Gasteiger partial charge in [-0.3, -0.25) is 0 Å². The molecule has 3 aliphatic rings. The molecule has 3 fully saturated rings. The van der Waals surface area contributed by atoms with Crippen molar-refractivity contribution < 1.29 is 27.8 Å². The molecule has 0 radical (unpaired) electrons. The Bertz CT molecular complexity index is 1800. The molecule has 0 spiro atoms. The molecule has 3 N–H and O–H groups in total. The lowest BCUT2D eigenvalue weighted by atomic mass is 9.76. The van der Waals surface area contributed by atoms with E-state index in [0.717, 1.165) is 37.8 Å². The number of hydrogen-bond donors (Lipinski definition) is 3. The van der Waals surface area contributed by atoms with Gasteiger partial charge in [0.05, 0.1) is 18.8 Å². The number of rotatable bonds is 9. The minimum Gasteiger partial charge on any atom is -0.508 e. The Hall–Kier alpha value is -3.67. The van der Waals surface area contributed by atoms with Gasteiger partial charge in [-0.25, -0.2) is 13.2 Å². The first kappa shape index (κ1) is 32.9. The molecule has 8 nitrogen and oxygen atoms in total. The molecule has 7 rings (SSSR count). The topological polar surface area (TPSA) is 91.8 Å². The molecule has 2 bridgehead atoms. The molecule has 0 amide bonds. The van der Waals surface area contributed by atoms with Crippen LogP contribution in [-0.4, -0.2) is 79.8 Å². The average molecular weight is 664 g/mol. The van der Waals surface area contributed by atoms with Gasteiger partial charge in [-0.15, -0.1) is 0 Å². The Morgan fingerprint density at radius 1 is 1.10 bits per heavy atom. The van der Waals surface area contributed by atoms with Gasteiger partial charge in [0.1, 0.15) is 29.1 Å². The van der Waals surface area contributed by atoms with Crippen LogP contribution in [-0.2, 0) is 11.2 Å². The number of alkyl halides is 1. The van der Waals surface area contributed by atoms with Gasteiger partial charge < -0.3 is 30.1 Å². The number of hydrogen-bond acceptors (Lipinski definition) is 8. The van der Waals surface area contributed by atoms with Crippen LogP contribution in [0.4, 0.5) is 19.0 Å². The normalized spacial score (nSPS) is 24.6.